The average molecular weight is 569 g/mol. The number of carbonyl (C=O) groups is 1. The molecule has 4 aromatic heterocycles. The van der Waals surface area contributed by atoms with Gasteiger partial charge in [-0.1, -0.05) is 25.0 Å². The number of aromatic nitrogens is 3. The van der Waals surface area contributed by atoms with E-state index in [1.807, 2.05) is 35.7 Å². The van der Waals surface area contributed by atoms with E-state index in [0.717, 1.165) is 79.5 Å². The summed E-state index contributed by atoms with van der Waals surface area (Å²) in [5, 5.41) is 8.93. The smallest absolute Gasteiger partial charge is 0.267 e. The molecule has 0 spiro atoms. The van der Waals surface area contributed by atoms with Gasteiger partial charge in [-0.05, 0) is 55.9 Å². The van der Waals surface area contributed by atoms with Crippen LogP contribution in [0.1, 0.15) is 61.5 Å². The molecule has 1 aliphatic carbocycles. The number of benzene rings is 1. The molecule has 9 nitrogen and oxygen atoms in total. The lowest BCUT2D eigenvalue weighted by Crippen LogP contribution is -2.29. The van der Waals surface area contributed by atoms with Gasteiger partial charge >= 0.3 is 0 Å². The van der Waals surface area contributed by atoms with Crippen LogP contribution >= 0.6 is 11.3 Å². The monoisotopic (exact) mass is 568 g/mol. The summed E-state index contributed by atoms with van der Waals surface area (Å²) in [6.45, 7) is 1.83. The minimum absolute atomic E-state index is 0.0100. The van der Waals surface area contributed by atoms with E-state index in [-0.39, 0.29) is 17.4 Å². The molecule has 2 fully saturated rings. The fraction of sp³-hybridized carbons (Fsp3) is 0.355. The number of fused-ring (bicyclic) bond motifs is 2. The Labute approximate surface area is 241 Å². The fourth-order valence-electron chi connectivity index (χ4n) is 6.16. The number of nitrogens with zero attached hydrogens (tertiary/aromatic N) is 4. The van der Waals surface area contributed by atoms with E-state index >= 15 is 0 Å². The van der Waals surface area contributed by atoms with E-state index in [9.17, 15) is 9.59 Å². The first-order valence-electron chi connectivity index (χ1n) is 14.4. The largest absolute Gasteiger partial charge is 0.439 e. The van der Waals surface area contributed by atoms with E-state index in [0.29, 0.717) is 27.8 Å². The lowest BCUT2D eigenvalue weighted by Gasteiger charge is -2.26. The van der Waals surface area contributed by atoms with E-state index in [1.54, 1.807) is 19.3 Å². The molecule has 2 N–H and O–H groups in total. The molecule has 0 unspecified atom stereocenters. The average Bonchev–Trinajstić information content (AvgIpc) is 3.76. The van der Waals surface area contributed by atoms with Crippen molar-refractivity contribution in [2.45, 2.75) is 51.0 Å². The third-order valence-electron chi connectivity index (χ3n) is 8.28. The van der Waals surface area contributed by atoms with E-state index in [1.165, 1.54) is 17.8 Å². The summed E-state index contributed by atoms with van der Waals surface area (Å²) < 4.78 is 9.06. The standard InChI is InChI=1S/C31H32N6O3S/c1-32-30(39)24-15-20-17-33-31(35-29(20)37(24)22-7-3-4-8-22)34-21-11-9-19(10-12-21)23-18-41-28-25(38)16-26(40-27(23)28)36-13-5-2-6-14-36/h9-12,15-18,22H,2-8,13-14H2,1H3,(H,32,39)(H,33,34,35). The fourth-order valence-corrected chi connectivity index (χ4v) is 7.08. The summed E-state index contributed by atoms with van der Waals surface area (Å²) in [5.74, 6) is 1.03. The molecule has 0 radical (unpaired) electrons. The first-order chi connectivity index (χ1) is 20.1. The van der Waals surface area contributed by atoms with Crippen molar-refractivity contribution in [3.8, 4) is 11.1 Å². The van der Waals surface area contributed by atoms with Gasteiger partial charge in [0, 0.05) is 60.5 Å². The number of hydrogen-bond acceptors (Lipinski definition) is 8. The van der Waals surface area contributed by atoms with Gasteiger partial charge in [0.15, 0.2) is 11.5 Å². The van der Waals surface area contributed by atoms with Gasteiger partial charge in [-0.3, -0.25) is 9.59 Å². The molecule has 1 aliphatic heterocycles. The summed E-state index contributed by atoms with van der Waals surface area (Å²) >= 11 is 1.42. The number of hydrogen-bond donors (Lipinski definition) is 2. The van der Waals surface area contributed by atoms with Crippen LogP contribution < -0.4 is 21.0 Å². The molecule has 1 saturated heterocycles. The molecule has 7 rings (SSSR count). The second kappa shape index (κ2) is 10.7. The summed E-state index contributed by atoms with van der Waals surface area (Å²) in [7, 11) is 1.65. The molecule has 1 aromatic carbocycles. The summed E-state index contributed by atoms with van der Waals surface area (Å²) in [6.07, 6.45) is 9.62. The van der Waals surface area contributed by atoms with Crippen molar-refractivity contribution in [2.75, 3.05) is 30.4 Å². The molecular formula is C31H32N6O3S. The molecule has 2 aliphatic rings. The highest BCUT2D eigenvalue weighted by molar-refractivity contribution is 7.17. The van der Waals surface area contributed by atoms with Gasteiger partial charge in [-0.15, -0.1) is 11.3 Å². The number of anilines is 3. The molecule has 10 heteroatoms. The third-order valence-corrected chi connectivity index (χ3v) is 9.25. The maximum Gasteiger partial charge on any atom is 0.267 e. The Morgan fingerprint density at radius 1 is 1.05 bits per heavy atom. The zero-order valence-corrected chi connectivity index (χ0v) is 23.8. The summed E-state index contributed by atoms with van der Waals surface area (Å²) in [6, 6.07) is 11.8. The Bertz CT molecular complexity index is 1790. The highest BCUT2D eigenvalue weighted by Gasteiger charge is 2.25. The van der Waals surface area contributed by atoms with Crippen LogP contribution in [0.15, 0.2) is 57.2 Å². The SMILES string of the molecule is CNC(=O)c1cc2cnc(Nc3ccc(-c4csc5c(=O)cc(N6CCCCC6)oc45)cc3)nc2n1C1CCCC1. The lowest BCUT2D eigenvalue weighted by atomic mass is 10.1. The lowest BCUT2D eigenvalue weighted by molar-refractivity contribution is 0.0952. The van der Waals surface area contributed by atoms with Gasteiger partial charge in [0.2, 0.25) is 11.4 Å². The Balaban J connectivity index is 1.18. The molecule has 0 atom stereocenters. The number of rotatable bonds is 6. The van der Waals surface area contributed by atoms with Gasteiger partial charge in [0.25, 0.3) is 5.91 Å². The van der Waals surface area contributed by atoms with E-state index in [4.69, 9.17) is 9.40 Å². The van der Waals surface area contributed by atoms with Crippen LogP contribution in [0.25, 0.3) is 32.4 Å². The van der Waals surface area contributed by atoms with Crippen molar-refractivity contribution in [2.24, 2.45) is 0 Å². The topological polar surface area (TPSA) is 105 Å². The predicted octanol–water partition coefficient (Wildman–Crippen LogP) is 6.47. The van der Waals surface area contributed by atoms with Crippen molar-refractivity contribution in [1.29, 1.82) is 0 Å². The Morgan fingerprint density at radius 3 is 2.59 bits per heavy atom. The van der Waals surface area contributed by atoms with E-state index in [2.05, 4.69) is 25.1 Å². The van der Waals surface area contributed by atoms with Gasteiger partial charge in [0.1, 0.15) is 16.0 Å². The zero-order chi connectivity index (χ0) is 27.9. The highest BCUT2D eigenvalue weighted by Crippen LogP contribution is 2.37. The molecule has 41 heavy (non-hydrogen) atoms. The third kappa shape index (κ3) is 4.76. The molecule has 5 heterocycles. The number of carbonyl (C=O) groups excluding carboxylic acids is 1. The van der Waals surface area contributed by atoms with Crippen LogP contribution in [0.4, 0.5) is 17.5 Å². The maximum atomic E-state index is 12.9. The van der Waals surface area contributed by atoms with Crippen molar-refractivity contribution >= 4 is 56.1 Å². The first kappa shape index (κ1) is 25.8. The van der Waals surface area contributed by atoms with Crippen molar-refractivity contribution in [1.82, 2.24) is 19.9 Å². The maximum absolute atomic E-state index is 12.9. The van der Waals surface area contributed by atoms with Crippen LogP contribution in [0.5, 0.6) is 0 Å². The van der Waals surface area contributed by atoms with Gasteiger partial charge in [-0.2, -0.15) is 4.98 Å². The quantitative estimate of drug-likeness (QED) is 0.242. The number of amides is 1. The van der Waals surface area contributed by atoms with Crippen LogP contribution in [0, 0.1) is 0 Å². The Hall–Kier alpha value is -4.18. The Kier molecular flexibility index (Phi) is 6.70. The molecule has 5 aromatic rings. The second-order valence-electron chi connectivity index (χ2n) is 10.9. The van der Waals surface area contributed by atoms with Crippen molar-refractivity contribution in [3.05, 3.63) is 63.9 Å². The van der Waals surface area contributed by atoms with Crippen molar-refractivity contribution < 1.29 is 9.21 Å². The van der Waals surface area contributed by atoms with Crippen LogP contribution in [0.2, 0.25) is 0 Å². The summed E-state index contributed by atoms with van der Waals surface area (Å²) in [5.41, 5.74) is 4.79. The molecule has 210 valence electrons. The number of thiophene rings is 1. The van der Waals surface area contributed by atoms with Gasteiger partial charge < -0.3 is 24.5 Å². The number of piperidine rings is 1. The highest BCUT2D eigenvalue weighted by atomic mass is 32.1. The number of nitrogens with one attached hydrogen (secondary N) is 2. The normalized spacial score (nSPS) is 16.1. The Morgan fingerprint density at radius 2 is 1.83 bits per heavy atom. The molecule has 1 saturated carbocycles. The van der Waals surface area contributed by atoms with Crippen LogP contribution in [-0.4, -0.2) is 40.6 Å². The zero-order valence-electron chi connectivity index (χ0n) is 23.0. The first-order valence-corrected chi connectivity index (χ1v) is 15.2. The molecule has 0 bridgehead atoms. The second-order valence-corrected chi connectivity index (χ2v) is 11.8. The van der Waals surface area contributed by atoms with E-state index < -0.39 is 0 Å². The van der Waals surface area contributed by atoms with Crippen molar-refractivity contribution in [3.63, 3.8) is 0 Å². The van der Waals surface area contributed by atoms with Crippen LogP contribution in [0.3, 0.4) is 0 Å². The predicted molar refractivity (Wildman–Crippen MR) is 164 cm³/mol. The van der Waals surface area contributed by atoms with Gasteiger partial charge in [-0.25, -0.2) is 4.98 Å². The van der Waals surface area contributed by atoms with Crippen LogP contribution in [-0.2, 0) is 0 Å². The summed E-state index contributed by atoms with van der Waals surface area (Å²) in [4.78, 5) is 37.1. The molecular weight excluding hydrogens is 536 g/mol. The minimum atomic E-state index is -0.111. The van der Waals surface area contributed by atoms with Gasteiger partial charge in [0.05, 0.1) is 0 Å². The molecule has 1 amide bonds. The minimum Gasteiger partial charge on any atom is -0.439 e.